The molecule has 0 atom stereocenters. The zero-order chi connectivity index (χ0) is 18.2. The van der Waals surface area contributed by atoms with Gasteiger partial charge in [-0.1, -0.05) is 48.6 Å². The Morgan fingerprint density at radius 3 is 2.35 bits per heavy atom. The molecule has 7 heteroatoms. The van der Waals surface area contributed by atoms with Crippen molar-refractivity contribution in [2.45, 2.75) is 20.0 Å². The van der Waals surface area contributed by atoms with Crippen molar-refractivity contribution in [1.29, 1.82) is 0 Å². The smallest absolute Gasteiger partial charge is 0.264 e. The maximum atomic E-state index is 11.9. The number of carbonyl (C=O) groups excluding carboxylic acids is 1. The lowest BCUT2D eigenvalue weighted by Gasteiger charge is -2.08. The van der Waals surface area contributed by atoms with Gasteiger partial charge in [-0.2, -0.15) is 0 Å². The lowest BCUT2D eigenvalue weighted by atomic mass is 10.2. The number of benzene rings is 2. The molecule has 0 aliphatic heterocycles. The molecule has 0 aliphatic carbocycles. The van der Waals surface area contributed by atoms with Crippen molar-refractivity contribution >= 4 is 22.4 Å². The first-order valence-corrected chi connectivity index (χ1v) is 9.06. The van der Waals surface area contributed by atoms with E-state index in [1.807, 2.05) is 49.4 Å². The molecule has 1 N–H and O–H groups in total. The molecule has 0 saturated carbocycles. The van der Waals surface area contributed by atoms with Crippen LogP contribution in [-0.4, -0.2) is 22.7 Å². The van der Waals surface area contributed by atoms with Crippen LogP contribution >= 0.6 is 11.3 Å². The van der Waals surface area contributed by atoms with Crippen molar-refractivity contribution in [3.05, 3.63) is 65.2 Å². The van der Waals surface area contributed by atoms with Crippen LogP contribution in [0.2, 0.25) is 0 Å². The van der Waals surface area contributed by atoms with Gasteiger partial charge in [0.05, 0.1) is 0 Å². The average Bonchev–Trinajstić information content (AvgIpc) is 3.14. The molecule has 2 aromatic carbocycles. The van der Waals surface area contributed by atoms with Crippen molar-refractivity contribution in [3.63, 3.8) is 0 Å². The maximum Gasteiger partial charge on any atom is 0.264 e. The minimum absolute atomic E-state index is 0.0920. The quantitative estimate of drug-likeness (QED) is 0.655. The molecular formula is C19H19N3O3S. The van der Waals surface area contributed by atoms with Crippen LogP contribution in [0.3, 0.4) is 0 Å². The van der Waals surface area contributed by atoms with Crippen LogP contribution in [-0.2, 0) is 17.8 Å². The monoisotopic (exact) mass is 369 g/mol. The molecule has 1 aromatic heterocycles. The van der Waals surface area contributed by atoms with Crippen molar-refractivity contribution in [2.75, 3.05) is 11.9 Å². The van der Waals surface area contributed by atoms with E-state index in [1.54, 1.807) is 12.1 Å². The fourth-order valence-corrected chi connectivity index (χ4v) is 2.82. The van der Waals surface area contributed by atoms with Crippen LogP contribution < -0.4 is 14.8 Å². The largest absolute Gasteiger partial charge is 0.489 e. The molecule has 0 fully saturated rings. The minimum atomic E-state index is -0.270. The number of aryl methyl sites for hydroxylation is 1. The normalized spacial score (nSPS) is 10.3. The molecule has 1 heterocycles. The van der Waals surface area contributed by atoms with Gasteiger partial charge in [0.15, 0.2) is 6.61 Å². The fraction of sp³-hybridized carbons (Fsp3) is 0.211. The molecule has 0 bridgehead atoms. The molecule has 0 saturated heterocycles. The molecule has 1 amide bonds. The molecule has 6 nitrogen and oxygen atoms in total. The summed E-state index contributed by atoms with van der Waals surface area (Å²) in [6.07, 6.45) is 0.794. The van der Waals surface area contributed by atoms with Gasteiger partial charge in [0.1, 0.15) is 23.1 Å². The van der Waals surface area contributed by atoms with Crippen LogP contribution in [0.15, 0.2) is 54.6 Å². The molecule has 26 heavy (non-hydrogen) atoms. The van der Waals surface area contributed by atoms with Crippen LogP contribution in [0.1, 0.15) is 17.5 Å². The Bertz CT molecular complexity index is 835. The number of aromatic nitrogens is 2. The highest BCUT2D eigenvalue weighted by molar-refractivity contribution is 7.15. The van der Waals surface area contributed by atoms with Gasteiger partial charge < -0.3 is 9.47 Å². The summed E-state index contributed by atoms with van der Waals surface area (Å²) in [6, 6.07) is 17.1. The number of carbonyl (C=O) groups is 1. The Kier molecular flexibility index (Phi) is 6.16. The second-order valence-electron chi connectivity index (χ2n) is 5.44. The van der Waals surface area contributed by atoms with Gasteiger partial charge in [-0.15, -0.1) is 10.2 Å². The van der Waals surface area contributed by atoms with Crippen molar-refractivity contribution < 1.29 is 14.3 Å². The van der Waals surface area contributed by atoms with Crippen LogP contribution in [0.4, 0.5) is 5.13 Å². The zero-order valence-corrected chi connectivity index (χ0v) is 15.2. The second kappa shape index (κ2) is 8.96. The first-order valence-electron chi connectivity index (χ1n) is 8.25. The van der Waals surface area contributed by atoms with Crippen molar-refractivity contribution in [2.24, 2.45) is 0 Å². The Morgan fingerprint density at radius 1 is 1.00 bits per heavy atom. The van der Waals surface area contributed by atoms with E-state index in [4.69, 9.17) is 9.47 Å². The predicted octanol–water partition coefficient (Wildman–Crippen LogP) is 3.70. The lowest BCUT2D eigenvalue weighted by molar-refractivity contribution is -0.118. The number of hydrogen-bond donors (Lipinski definition) is 1. The van der Waals surface area contributed by atoms with Gasteiger partial charge in [-0.25, -0.2) is 0 Å². The summed E-state index contributed by atoms with van der Waals surface area (Å²) in [5.41, 5.74) is 1.10. The van der Waals surface area contributed by atoms with E-state index >= 15 is 0 Å². The van der Waals surface area contributed by atoms with Gasteiger partial charge in [0.25, 0.3) is 5.91 Å². The lowest BCUT2D eigenvalue weighted by Crippen LogP contribution is -2.20. The third-order valence-electron chi connectivity index (χ3n) is 3.46. The summed E-state index contributed by atoms with van der Waals surface area (Å²) in [7, 11) is 0. The molecule has 0 unspecified atom stereocenters. The first-order chi connectivity index (χ1) is 12.7. The summed E-state index contributed by atoms with van der Waals surface area (Å²) in [5, 5.41) is 11.9. The van der Waals surface area contributed by atoms with Crippen LogP contribution in [0.5, 0.6) is 11.5 Å². The first kappa shape index (κ1) is 17.9. The Morgan fingerprint density at radius 2 is 1.69 bits per heavy atom. The van der Waals surface area contributed by atoms with E-state index in [0.29, 0.717) is 17.5 Å². The van der Waals surface area contributed by atoms with E-state index in [2.05, 4.69) is 15.5 Å². The Hall–Kier alpha value is -2.93. The summed E-state index contributed by atoms with van der Waals surface area (Å²) in [5.74, 6) is 1.07. The Labute approximate surface area is 155 Å². The predicted molar refractivity (Wildman–Crippen MR) is 101 cm³/mol. The Balaban J connectivity index is 1.44. The second-order valence-corrected chi connectivity index (χ2v) is 6.50. The third-order valence-corrected chi connectivity index (χ3v) is 4.44. The van der Waals surface area contributed by atoms with E-state index in [1.165, 1.54) is 11.3 Å². The molecule has 134 valence electrons. The SMILES string of the molecule is CCc1nnc(NC(=O)COc2ccc(OCc3ccccc3)cc2)s1. The summed E-state index contributed by atoms with van der Waals surface area (Å²) in [6.45, 7) is 2.40. The minimum Gasteiger partial charge on any atom is -0.489 e. The standard InChI is InChI=1S/C19H19N3O3S/c1-2-18-21-22-19(26-18)20-17(23)13-25-16-10-8-15(9-11-16)24-12-14-6-4-3-5-7-14/h3-11H,2,12-13H2,1H3,(H,20,22,23). The number of ether oxygens (including phenoxy) is 2. The van der Waals surface area contributed by atoms with Crippen molar-refractivity contribution in [3.8, 4) is 11.5 Å². The highest BCUT2D eigenvalue weighted by atomic mass is 32.1. The van der Waals surface area contributed by atoms with Gasteiger partial charge >= 0.3 is 0 Å². The molecule has 0 spiro atoms. The number of hydrogen-bond acceptors (Lipinski definition) is 6. The van der Waals surface area contributed by atoms with Crippen LogP contribution in [0, 0.1) is 0 Å². The van der Waals surface area contributed by atoms with E-state index in [0.717, 1.165) is 22.7 Å². The summed E-state index contributed by atoms with van der Waals surface area (Å²) >= 11 is 1.36. The maximum absolute atomic E-state index is 11.9. The van der Waals surface area contributed by atoms with Gasteiger partial charge in [-0.05, 0) is 36.2 Å². The number of anilines is 1. The van der Waals surface area contributed by atoms with Gasteiger partial charge in [-0.3, -0.25) is 10.1 Å². The summed E-state index contributed by atoms with van der Waals surface area (Å²) in [4.78, 5) is 11.9. The zero-order valence-electron chi connectivity index (χ0n) is 14.3. The fourth-order valence-electron chi connectivity index (χ4n) is 2.12. The third kappa shape index (κ3) is 5.29. The van der Waals surface area contributed by atoms with E-state index in [-0.39, 0.29) is 12.5 Å². The van der Waals surface area contributed by atoms with E-state index in [9.17, 15) is 4.79 Å². The topological polar surface area (TPSA) is 73.3 Å². The number of nitrogens with zero attached hydrogens (tertiary/aromatic N) is 2. The molecule has 3 rings (SSSR count). The number of nitrogens with one attached hydrogen (secondary N) is 1. The molecule has 0 radical (unpaired) electrons. The number of amides is 1. The molecule has 3 aromatic rings. The summed E-state index contributed by atoms with van der Waals surface area (Å²) < 4.78 is 11.2. The van der Waals surface area contributed by atoms with E-state index < -0.39 is 0 Å². The van der Waals surface area contributed by atoms with Crippen LogP contribution in [0.25, 0.3) is 0 Å². The highest BCUT2D eigenvalue weighted by Gasteiger charge is 2.08. The van der Waals surface area contributed by atoms with Gasteiger partial charge in [0, 0.05) is 0 Å². The number of rotatable bonds is 8. The average molecular weight is 369 g/mol. The van der Waals surface area contributed by atoms with Crippen molar-refractivity contribution in [1.82, 2.24) is 10.2 Å². The highest BCUT2D eigenvalue weighted by Crippen LogP contribution is 2.19. The molecule has 0 aliphatic rings. The molecular weight excluding hydrogens is 350 g/mol. The van der Waals surface area contributed by atoms with Gasteiger partial charge in [0.2, 0.25) is 5.13 Å².